The molecule has 3 atom stereocenters. The van der Waals surface area contributed by atoms with Crippen LogP contribution in [0.4, 0.5) is 37.1 Å². The molecule has 3 aromatic heterocycles. The third kappa shape index (κ3) is 25.7. The van der Waals surface area contributed by atoms with E-state index in [4.69, 9.17) is 24.8 Å². The van der Waals surface area contributed by atoms with E-state index < -0.39 is 24.1 Å². The Morgan fingerprint density at radius 2 is 0.813 bits per heavy atom. The Hall–Kier alpha value is -14.5. The van der Waals surface area contributed by atoms with E-state index in [1.807, 2.05) is 137 Å². The van der Waals surface area contributed by atoms with Crippen LogP contribution >= 0.6 is 0 Å². The predicted molar refractivity (Wildman–Crippen MR) is 539 cm³/mol. The van der Waals surface area contributed by atoms with Crippen molar-refractivity contribution in [3.8, 4) is 28.7 Å². The molecule has 0 saturated carbocycles. The van der Waals surface area contributed by atoms with Crippen LogP contribution in [0, 0.1) is 13.8 Å². The van der Waals surface area contributed by atoms with Crippen LogP contribution in [-0.4, -0.2) is 213 Å². The van der Waals surface area contributed by atoms with Crippen molar-refractivity contribution in [2.75, 3.05) is 94.0 Å². The van der Waals surface area contributed by atoms with Gasteiger partial charge in [-0.1, -0.05) is 189 Å². The number of methoxy groups -OCH3 is 1. The van der Waals surface area contributed by atoms with E-state index in [1.54, 1.807) is 128 Å². The van der Waals surface area contributed by atoms with Gasteiger partial charge in [-0.25, -0.2) is 23.7 Å². The largest absolute Gasteiger partial charge is 0.497 e. The van der Waals surface area contributed by atoms with Crippen molar-refractivity contribution >= 4 is 76.3 Å². The quantitative estimate of drug-likeness (QED) is 0.0183. The number of nitrogens with zero attached hydrogens (tertiary/aromatic N) is 12. The lowest BCUT2D eigenvalue weighted by molar-refractivity contribution is 0.0539. The van der Waals surface area contributed by atoms with Crippen LogP contribution in [0.5, 0.6) is 11.6 Å². The molecule has 0 aliphatic carbocycles. The topological polar surface area (TPSA) is 358 Å². The minimum Gasteiger partial charge on any atom is -0.497 e. The molecule has 0 spiro atoms. The van der Waals surface area contributed by atoms with Gasteiger partial charge in [-0.2, -0.15) is 20.0 Å². The first-order chi connectivity index (χ1) is 67.5. The van der Waals surface area contributed by atoms with E-state index >= 15 is 0 Å². The van der Waals surface area contributed by atoms with E-state index in [9.17, 15) is 53.4 Å². The highest BCUT2D eigenvalue weighted by Gasteiger charge is 2.39. The van der Waals surface area contributed by atoms with Gasteiger partial charge in [0.05, 0.1) is 72.2 Å². The summed E-state index contributed by atoms with van der Waals surface area (Å²) in [6, 6.07) is 58.7. The number of anilines is 4. The number of fused-ring (bicyclic) bond motifs is 7. The second-order valence-electron chi connectivity index (χ2n) is 35.6. The van der Waals surface area contributed by atoms with Gasteiger partial charge in [-0.3, -0.25) is 28.8 Å². The first-order valence-electron chi connectivity index (χ1n) is 48.9. The summed E-state index contributed by atoms with van der Waals surface area (Å²) in [5, 5.41) is 51.8. The number of nitrogens with one attached hydrogen (secondary N) is 6. The molecule has 0 unspecified atom stereocenters. The lowest BCUT2D eigenvalue weighted by atomic mass is 9.93. The lowest BCUT2D eigenvalue weighted by Gasteiger charge is -2.36. The average Bonchev–Trinajstić information content (AvgIpc) is 1.75. The first-order valence-corrected chi connectivity index (χ1v) is 48.9. The summed E-state index contributed by atoms with van der Waals surface area (Å²) in [7, 11) is 1.55. The SMILES string of the molecule is CCCCN(CCCC)C(=O)c1cc(C)n(-c2ccc(NC(=O)NCc3ccccc3)cc2C(=O)N2Cc3ccccc3C[C@H]2CO)n1.CCCCN(CCCC)C(=O)c1cc(C)n(-c2ccc(NC(=O)Nc3cccc(OC)c3)cc2C(=O)N2Cc3ccccc3C[C@H]2CO)n1.CCCCN(CCCC)C(=O)c1cc2n(n1)-c1ccc(NC(=O)NCC)cc1C(=O)N1Cc3ccccc3C[C@H]1CO2. The molecule has 12 amide bonds. The number of hydrogen-bond donors (Lipinski definition) is 8. The summed E-state index contributed by atoms with van der Waals surface area (Å²) >= 11 is 0. The molecule has 11 aromatic rings. The second-order valence-corrected chi connectivity index (χ2v) is 35.6. The van der Waals surface area contributed by atoms with Crippen molar-refractivity contribution in [2.45, 2.75) is 203 Å². The number of aryl methyl sites for hydroxylation is 2. The highest BCUT2D eigenvalue weighted by Crippen LogP contribution is 2.37. The molecule has 732 valence electrons. The molecule has 0 saturated heterocycles. The van der Waals surface area contributed by atoms with E-state index in [0.717, 1.165) is 110 Å². The molecule has 31 heteroatoms. The Bertz CT molecular complexity index is 6080. The van der Waals surface area contributed by atoms with Gasteiger partial charge >= 0.3 is 18.1 Å². The van der Waals surface area contributed by atoms with E-state index in [1.165, 1.54) is 5.56 Å². The minimum atomic E-state index is -0.498. The Morgan fingerprint density at radius 1 is 0.417 bits per heavy atom. The smallest absolute Gasteiger partial charge is 0.323 e. The highest BCUT2D eigenvalue weighted by molar-refractivity contribution is 6.05. The Kier molecular flexibility index (Phi) is 36.3. The normalized spacial score (nSPS) is 14.4. The number of unbranched alkanes of at least 4 members (excludes halogenated alkanes) is 6. The molecule has 0 radical (unpaired) electrons. The van der Waals surface area contributed by atoms with Gasteiger partial charge < -0.3 is 81.0 Å². The molecule has 7 heterocycles. The number of aliphatic hydroxyl groups excluding tert-OH is 2. The Balaban J connectivity index is 0.000000176. The predicted octanol–water partition coefficient (Wildman–Crippen LogP) is 17.6. The van der Waals surface area contributed by atoms with Crippen molar-refractivity contribution in [3.63, 3.8) is 0 Å². The maximum absolute atomic E-state index is 14.5. The lowest BCUT2D eigenvalue weighted by Crippen LogP contribution is -2.47. The third-order valence-electron chi connectivity index (χ3n) is 25.5. The van der Waals surface area contributed by atoms with Crippen molar-refractivity contribution in [1.82, 2.24) is 69.4 Å². The summed E-state index contributed by atoms with van der Waals surface area (Å²) in [5.74, 6) is -0.223. The molecule has 139 heavy (non-hydrogen) atoms. The van der Waals surface area contributed by atoms with Crippen molar-refractivity contribution in [1.29, 1.82) is 0 Å². The molecule has 15 rings (SSSR count). The van der Waals surface area contributed by atoms with Crippen LogP contribution in [0.3, 0.4) is 0 Å². The van der Waals surface area contributed by atoms with E-state index in [-0.39, 0.29) is 78.6 Å². The average molecular weight is 1890 g/mol. The zero-order chi connectivity index (χ0) is 98.6. The summed E-state index contributed by atoms with van der Waals surface area (Å²) < 4.78 is 16.4. The highest BCUT2D eigenvalue weighted by atomic mass is 16.5. The number of aliphatic hydroxyl groups is 2. The standard InChI is InChI=1S/C38H46N6O5.C38H46N6O4.C32H40N6O4/c1-5-7-18-42(19-8-6-2)37(47)34-20-26(3)44(41-34)35-17-16-30(40-38(48)39-29-14-11-15-32(22-29)49-4)23-33(35)36(46)43-24-28-13-10-9-12-27(28)21-31(43)25-45;1-4-6-19-42(20-7-5-2)37(47)34-21-27(3)44(41-34)35-18-17-31(40-38(48)39-24-28-13-9-8-10-14-28)23-33(35)36(46)43-25-30-16-12-11-15-29(30)22-32(43)26-45;1-4-7-15-36(16-8-5-2)31(40)27-19-29-38(35-27)28-14-13-24(34-32(41)33-6-3)18-26(28)30(39)37-20-23-12-10-9-11-22(23)17-25(37)21-42-29/h9-17,20,22-23,31,45H,5-8,18-19,21,24-25H2,1-4H3,(H2,39,40,48);8-18,21,23,32,45H,4-7,19-20,22,24-26H2,1-3H3,(H2,39,40,48);9-14,18-19,25H,4-8,15-17,20-21H2,1-3H3,(H2,33,34,41)/t31-;32-;25-/m000/s1. The van der Waals surface area contributed by atoms with Crippen LogP contribution in [0.2, 0.25) is 0 Å². The fourth-order valence-electron chi connectivity index (χ4n) is 17.7. The Labute approximate surface area is 814 Å². The molecule has 31 nitrogen and oxygen atoms in total. The monoisotopic (exact) mass is 1890 g/mol. The van der Waals surface area contributed by atoms with Gasteiger partial charge in [0.15, 0.2) is 17.1 Å². The number of carbonyl (C=O) groups is 9. The van der Waals surface area contributed by atoms with Crippen LogP contribution in [0.1, 0.15) is 238 Å². The maximum Gasteiger partial charge on any atom is 0.323 e. The molecule has 8 aromatic carbocycles. The molecular formula is C108H132N18O13. The fourth-order valence-corrected chi connectivity index (χ4v) is 17.7. The van der Waals surface area contributed by atoms with Crippen LogP contribution in [0.15, 0.2) is 200 Å². The number of aromatic nitrogens is 6. The van der Waals surface area contributed by atoms with Crippen molar-refractivity contribution < 1.29 is 62.8 Å². The molecular weight excluding hydrogens is 1760 g/mol. The van der Waals surface area contributed by atoms with Crippen LogP contribution < -0.4 is 41.4 Å². The summed E-state index contributed by atoms with van der Waals surface area (Å²) in [6.07, 6.45) is 13.0. The number of amides is 12. The van der Waals surface area contributed by atoms with Gasteiger partial charge in [0.1, 0.15) is 12.4 Å². The number of rotatable bonds is 35. The molecule has 0 fully saturated rings. The minimum absolute atomic E-state index is 0.131. The zero-order valence-corrected chi connectivity index (χ0v) is 81.5. The molecule has 0 bridgehead atoms. The van der Waals surface area contributed by atoms with Gasteiger partial charge in [-0.05, 0) is 196 Å². The number of urea groups is 3. The van der Waals surface area contributed by atoms with Crippen LogP contribution in [-0.2, 0) is 45.4 Å². The fraction of sp³-hybridized carbons (Fsp3) is 0.389. The number of carbonyl (C=O) groups excluding carboxylic acids is 9. The molecule has 8 N–H and O–H groups in total. The van der Waals surface area contributed by atoms with Crippen LogP contribution in [0.25, 0.3) is 17.1 Å². The van der Waals surface area contributed by atoms with Gasteiger partial charge in [0, 0.05) is 118 Å². The maximum atomic E-state index is 14.5. The first kappa shape index (κ1) is 102. The van der Waals surface area contributed by atoms with Gasteiger partial charge in [0.25, 0.3) is 35.4 Å². The number of benzene rings is 8. The molecule has 4 aliphatic rings. The second kappa shape index (κ2) is 49.5. The van der Waals surface area contributed by atoms with Crippen molar-refractivity contribution in [2.24, 2.45) is 0 Å². The summed E-state index contributed by atoms with van der Waals surface area (Å²) in [4.78, 5) is 133. The van der Waals surface area contributed by atoms with Gasteiger partial charge in [0.2, 0.25) is 5.88 Å². The van der Waals surface area contributed by atoms with E-state index in [2.05, 4.69) is 79.5 Å². The summed E-state index contributed by atoms with van der Waals surface area (Å²) in [6.45, 7) is 23.9. The molecule has 4 aliphatic heterocycles. The number of ether oxygens (including phenoxy) is 2. The Morgan fingerprint density at radius 3 is 1.26 bits per heavy atom. The third-order valence-corrected chi connectivity index (χ3v) is 25.5. The van der Waals surface area contributed by atoms with Crippen molar-refractivity contribution in [3.05, 3.63) is 284 Å². The summed E-state index contributed by atoms with van der Waals surface area (Å²) in [5.41, 5.74) is 14.0. The van der Waals surface area contributed by atoms with Gasteiger partial charge in [-0.15, -0.1) is 0 Å². The van der Waals surface area contributed by atoms with E-state index in [0.29, 0.717) is 177 Å². The zero-order valence-electron chi connectivity index (χ0n) is 81.5. The number of hydrogen-bond acceptors (Lipinski definition) is 16.